The normalized spacial score (nSPS) is 12.7. The third-order valence-electron chi connectivity index (χ3n) is 2.23. The molecule has 0 heterocycles. The van der Waals surface area contributed by atoms with Crippen LogP contribution >= 0.6 is 0 Å². The van der Waals surface area contributed by atoms with Crippen LogP contribution in [0.15, 0.2) is 30.3 Å². The van der Waals surface area contributed by atoms with Crippen LogP contribution in [-0.4, -0.2) is 34.0 Å². The second-order valence-corrected chi connectivity index (χ2v) is 3.37. The fraction of sp³-hybridized carbons (Fsp3) is 0.500. The highest BCUT2D eigenvalue weighted by atomic mass is 16.5. The summed E-state index contributed by atoms with van der Waals surface area (Å²) in [4.78, 5) is 0. The molecule has 0 bridgehead atoms. The number of hydrogen-bond acceptors (Lipinski definition) is 3. The van der Waals surface area contributed by atoms with Gasteiger partial charge in [0.1, 0.15) is 0 Å². The average Bonchev–Trinajstić information content (AvgIpc) is 2.29. The smallest absolute Gasteiger partial charge is 0.0657 e. The molecule has 3 nitrogen and oxygen atoms in total. The molecule has 0 aliphatic rings. The van der Waals surface area contributed by atoms with Crippen LogP contribution in [-0.2, 0) is 9.47 Å². The lowest BCUT2D eigenvalue weighted by atomic mass is 10.1. The minimum atomic E-state index is 0.242. The molecule has 1 aromatic carbocycles. The van der Waals surface area contributed by atoms with Crippen LogP contribution in [0.3, 0.4) is 0 Å². The largest absolute Gasteiger partial charge is 0.383 e. The molecule has 1 N–H and O–H groups in total. The van der Waals surface area contributed by atoms with E-state index >= 15 is 0 Å². The van der Waals surface area contributed by atoms with E-state index in [2.05, 4.69) is 17.4 Å². The molecule has 0 saturated heterocycles. The monoisotopic (exact) mass is 209 g/mol. The molecule has 0 aromatic heterocycles. The minimum Gasteiger partial charge on any atom is -0.383 e. The third-order valence-corrected chi connectivity index (χ3v) is 2.23. The molecule has 0 radical (unpaired) electrons. The van der Waals surface area contributed by atoms with Gasteiger partial charge in [0.25, 0.3) is 0 Å². The van der Waals surface area contributed by atoms with Crippen LogP contribution in [0.25, 0.3) is 0 Å². The van der Waals surface area contributed by atoms with E-state index in [0.29, 0.717) is 13.2 Å². The number of benzene rings is 1. The zero-order valence-corrected chi connectivity index (χ0v) is 9.40. The molecule has 0 spiro atoms. The van der Waals surface area contributed by atoms with Gasteiger partial charge in [0.15, 0.2) is 0 Å². The van der Waals surface area contributed by atoms with Crippen LogP contribution in [0, 0.1) is 0 Å². The SMILES string of the molecule is COCCNC(COC)c1ccccc1. The van der Waals surface area contributed by atoms with Gasteiger partial charge in [-0.1, -0.05) is 30.3 Å². The van der Waals surface area contributed by atoms with Gasteiger partial charge in [-0.05, 0) is 5.56 Å². The molecule has 0 fully saturated rings. The summed E-state index contributed by atoms with van der Waals surface area (Å²) in [5.41, 5.74) is 1.25. The first-order valence-electron chi connectivity index (χ1n) is 5.14. The van der Waals surface area contributed by atoms with Crippen molar-refractivity contribution in [1.29, 1.82) is 0 Å². The molecule has 0 aliphatic carbocycles. The first kappa shape index (κ1) is 12.2. The van der Waals surface area contributed by atoms with Crippen molar-refractivity contribution in [3.63, 3.8) is 0 Å². The van der Waals surface area contributed by atoms with E-state index in [1.54, 1.807) is 14.2 Å². The van der Waals surface area contributed by atoms with E-state index < -0.39 is 0 Å². The molecule has 15 heavy (non-hydrogen) atoms. The van der Waals surface area contributed by atoms with Gasteiger partial charge in [-0.3, -0.25) is 0 Å². The van der Waals surface area contributed by atoms with Gasteiger partial charge >= 0.3 is 0 Å². The first-order valence-corrected chi connectivity index (χ1v) is 5.14. The molecule has 0 amide bonds. The predicted molar refractivity (Wildman–Crippen MR) is 60.9 cm³/mol. The number of hydrogen-bond donors (Lipinski definition) is 1. The molecule has 0 aliphatic heterocycles. The quantitative estimate of drug-likeness (QED) is 0.692. The standard InChI is InChI=1S/C12H19NO2/c1-14-9-8-13-12(10-15-2)11-6-4-3-5-7-11/h3-7,12-13H,8-10H2,1-2H3. The summed E-state index contributed by atoms with van der Waals surface area (Å²) in [5, 5.41) is 3.39. The Morgan fingerprint density at radius 3 is 2.47 bits per heavy atom. The van der Waals surface area contributed by atoms with E-state index in [-0.39, 0.29) is 6.04 Å². The lowest BCUT2D eigenvalue weighted by molar-refractivity contribution is 0.153. The van der Waals surface area contributed by atoms with Crippen molar-refractivity contribution >= 4 is 0 Å². The van der Waals surface area contributed by atoms with Gasteiger partial charge in [-0.25, -0.2) is 0 Å². The van der Waals surface area contributed by atoms with Gasteiger partial charge in [-0.2, -0.15) is 0 Å². The lowest BCUT2D eigenvalue weighted by Crippen LogP contribution is -2.28. The van der Waals surface area contributed by atoms with E-state index in [1.165, 1.54) is 5.56 Å². The van der Waals surface area contributed by atoms with Crippen molar-refractivity contribution in [2.45, 2.75) is 6.04 Å². The predicted octanol–water partition coefficient (Wildman–Crippen LogP) is 1.61. The van der Waals surface area contributed by atoms with Crippen molar-refractivity contribution < 1.29 is 9.47 Å². The fourth-order valence-electron chi connectivity index (χ4n) is 1.46. The zero-order valence-electron chi connectivity index (χ0n) is 9.40. The number of rotatable bonds is 7. The second kappa shape index (κ2) is 7.40. The summed E-state index contributed by atoms with van der Waals surface area (Å²) in [7, 11) is 3.42. The Balaban J connectivity index is 2.50. The molecule has 1 atom stereocenters. The van der Waals surface area contributed by atoms with Gasteiger partial charge in [0.2, 0.25) is 0 Å². The van der Waals surface area contributed by atoms with Crippen LogP contribution < -0.4 is 5.32 Å². The van der Waals surface area contributed by atoms with Crippen molar-refractivity contribution in [3.05, 3.63) is 35.9 Å². The molecule has 3 heteroatoms. The van der Waals surface area contributed by atoms with Gasteiger partial charge < -0.3 is 14.8 Å². The van der Waals surface area contributed by atoms with Crippen LogP contribution in [0.2, 0.25) is 0 Å². The molecule has 1 unspecified atom stereocenters. The van der Waals surface area contributed by atoms with Crippen molar-refractivity contribution in [2.24, 2.45) is 0 Å². The maximum atomic E-state index is 5.19. The molecule has 1 aromatic rings. The molecule has 0 saturated carbocycles. The zero-order chi connectivity index (χ0) is 10.9. The Hall–Kier alpha value is -0.900. The van der Waals surface area contributed by atoms with Crippen molar-refractivity contribution in [2.75, 3.05) is 34.0 Å². The summed E-state index contributed by atoms with van der Waals surface area (Å²) in [6, 6.07) is 10.5. The summed E-state index contributed by atoms with van der Waals surface area (Å²) in [6.07, 6.45) is 0. The summed E-state index contributed by atoms with van der Waals surface area (Å²) in [5.74, 6) is 0. The Labute approximate surface area is 91.4 Å². The highest BCUT2D eigenvalue weighted by Gasteiger charge is 2.08. The second-order valence-electron chi connectivity index (χ2n) is 3.37. The lowest BCUT2D eigenvalue weighted by Gasteiger charge is -2.18. The minimum absolute atomic E-state index is 0.242. The van der Waals surface area contributed by atoms with Crippen molar-refractivity contribution in [3.8, 4) is 0 Å². The molecule has 1 rings (SSSR count). The number of ether oxygens (including phenoxy) is 2. The molecule has 84 valence electrons. The van der Waals surface area contributed by atoms with Crippen LogP contribution in [0.4, 0.5) is 0 Å². The van der Waals surface area contributed by atoms with E-state index in [9.17, 15) is 0 Å². The highest BCUT2D eigenvalue weighted by molar-refractivity contribution is 5.18. The van der Waals surface area contributed by atoms with E-state index in [1.807, 2.05) is 18.2 Å². The van der Waals surface area contributed by atoms with E-state index in [4.69, 9.17) is 9.47 Å². The summed E-state index contributed by atoms with van der Waals surface area (Å²) >= 11 is 0. The van der Waals surface area contributed by atoms with E-state index in [0.717, 1.165) is 6.54 Å². The van der Waals surface area contributed by atoms with Crippen LogP contribution in [0.1, 0.15) is 11.6 Å². The van der Waals surface area contributed by atoms with Gasteiger partial charge in [0, 0.05) is 20.8 Å². The average molecular weight is 209 g/mol. The number of methoxy groups -OCH3 is 2. The summed E-state index contributed by atoms with van der Waals surface area (Å²) in [6.45, 7) is 2.22. The Kier molecular flexibility index (Phi) is 6.00. The highest BCUT2D eigenvalue weighted by Crippen LogP contribution is 2.11. The molecular formula is C12H19NO2. The van der Waals surface area contributed by atoms with Crippen LogP contribution in [0.5, 0.6) is 0 Å². The maximum absolute atomic E-state index is 5.19. The molecular weight excluding hydrogens is 190 g/mol. The summed E-state index contributed by atoms with van der Waals surface area (Å²) < 4.78 is 10.2. The first-order chi connectivity index (χ1) is 7.38. The Morgan fingerprint density at radius 1 is 1.13 bits per heavy atom. The third kappa shape index (κ3) is 4.42. The van der Waals surface area contributed by atoms with Gasteiger partial charge in [-0.15, -0.1) is 0 Å². The maximum Gasteiger partial charge on any atom is 0.0657 e. The number of nitrogens with one attached hydrogen (secondary N) is 1. The Bertz CT molecular complexity index is 251. The topological polar surface area (TPSA) is 30.5 Å². The van der Waals surface area contributed by atoms with Gasteiger partial charge in [0.05, 0.1) is 19.3 Å². The van der Waals surface area contributed by atoms with Crippen molar-refractivity contribution in [1.82, 2.24) is 5.32 Å². The fourth-order valence-corrected chi connectivity index (χ4v) is 1.46. The Morgan fingerprint density at radius 2 is 1.87 bits per heavy atom.